The van der Waals surface area contributed by atoms with Gasteiger partial charge in [0, 0.05) is 24.7 Å². The lowest BCUT2D eigenvalue weighted by Crippen LogP contribution is -1.84. The van der Waals surface area contributed by atoms with E-state index in [4.69, 9.17) is 5.11 Å². The van der Waals surface area contributed by atoms with E-state index in [-0.39, 0.29) is 5.75 Å². The van der Waals surface area contributed by atoms with Crippen LogP contribution in [0, 0.1) is 5.82 Å². The lowest BCUT2D eigenvalue weighted by molar-refractivity contribution is 0.433. The second kappa shape index (κ2) is 2.24. The number of hydrogen-bond donors (Lipinski definition) is 1. The van der Waals surface area contributed by atoms with Crippen molar-refractivity contribution in [2.24, 2.45) is 7.05 Å². The van der Waals surface area contributed by atoms with E-state index in [1.165, 1.54) is 12.1 Å². The molecule has 0 aliphatic heterocycles. The zero-order valence-corrected chi connectivity index (χ0v) is 6.58. The maximum Gasteiger partial charge on any atom is 0.166 e. The fourth-order valence-electron chi connectivity index (χ4n) is 1.28. The Hall–Kier alpha value is -1.51. The average molecular weight is 165 g/mol. The molecule has 0 radical (unpaired) electrons. The Balaban J connectivity index is 2.87. The second-order valence-electron chi connectivity index (χ2n) is 2.79. The van der Waals surface area contributed by atoms with Crippen LogP contribution in [0.1, 0.15) is 0 Å². The third-order valence-electron chi connectivity index (χ3n) is 1.95. The molecule has 0 unspecified atom stereocenters. The molecule has 0 saturated carbocycles. The number of hydrogen-bond acceptors (Lipinski definition) is 1. The number of aromatic hydroxyl groups is 1. The van der Waals surface area contributed by atoms with E-state index in [0.29, 0.717) is 0 Å². The van der Waals surface area contributed by atoms with Crippen LogP contribution in [0.15, 0.2) is 24.4 Å². The Kier molecular flexibility index (Phi) is 1.33. The standard InChI is InChI=1S/C9H8FNO/c1-11-3-2-6-4-9(12)7(10)5-8(6)11/h2-5,12H,1H3. The van der Waals surface area contributed by atoms with Crippen molar-refractivity contribution in [2.45, 2.75) is 0 Å². The molecule has 0 aliphatic rings. The Labute approximate surface area is 68.9 Å². The van der Waals surface area contributed by atoms with Gasteiger partial charge in [0.15, 0.2) is 11.6 Å². The van der Waals surface area contributed by atoms with Crippen LogP contribution in [0.4, 0.5) is 4.39 Å². The second-order valence-corrected chi connectivity index (χ2v) is 2.79. The highest BCUT2D eigenvalue weighted by Crippen LogP contribution is 2.23. The first-order valence-corrected chi connectivity index (χ1v) is 3.62. The molecule has 0 bridgehead atoms. The first kappa shape index (κ1) is 7.16. The van der Waals surface area contributed by atoms with Crippen molar-refractivity contribution in [1.82, 2.24) is 4.57 Å². The SMILES string of the molecule is Cn1ccc2cc(O)c(F)cc21. The van der Waals surface area contributed by atoms with Crippen molar-refractivity contribution < 1.29 is 9.50 Å². The number of aromatic nitrogens is 1. The summed E-state index contributed by atoms with van der Waals surface area (Å²) in [5.74, 6) is -0.877. The van der Waals surface area contributed by atoms with Gasteiger partial charge in [-0.1, -0.05) is 0 Å². The molecule has 1 N–H and O–H groups in total. The molecule has 2 nitrogen and oxygen atoms in total. The number of benzene rings is 1. The van der Waals surface area contributed by atoms with E-state index in [1.807, 2.05) is 19.3 Å². The number of aryl methyl sites for hydroxylation is 1. The molecule has 0 fully saturated rings. The Morgan fingerprint density at radius 2 is 2.17 bits per heavy atom. The number of nitrogens with zero attached hydrogens (tertiary/aromatic N) is 1. The smallest absolute Gasteiger partial charge is 0.166 e. The Morgan fingerprint density at radius 3 is 2.92 bits per heavy atom. The summed E-state index contributed by atoms with van der Waals surface area (Å²) < 4.78 is 14.6. The van der Waals surface area contributed by atoms with Crippen molar-refractivity contribution in [2.75, 3.05) is 0 Å². The fourth-order valence-corrected chi connectivity index (χ4v) is 1.28. The maximum atomic E-state index is 12.8. The quantitative estimate of drug-likeness (QED) is 0.634. The molecule has 3 heteroatoms. The third kappa shape index (κ3) is 0.863. The molecule has 0 saturated heterocycles. The third-order valence-corrected chi connectivity index (χ3v) is 1.95. The monoisotopic (exact) mass is 165 g/mol. The maximum absolute atomic E-state index is 12.8. The van der Waals surface area contributed by atoms with Crippen molar-refractivity contribution in [3.05, 3.63) is 30.2 Å². The summed E-state index contributed by atoms with van der Waals surface area (Å²) in [5, 5.41) is 9.89. The molecule has 1 aromatic heterocycles. The van der Waals surface area contributed by atoms with Gasteiger partial charge in [-0.3, -0.25) is 0 Å². The van der Waals surface area contributed by atoms with Gasteiger partial charge in [0.1, 0.15) is 0 Å². The first-order chi connectivity index (χ1) is 5.68. The van der Waals surface area contributed by atoms with Crippen molar-refractivity contribution in [1.29, 1.82) is 0 Å². The highest BCUT2D eigenvalue weighted by molar-refractivity contribution is 5.81. The molecule has 2 aromatic rings. The number of phenols is 1. The minimum absolute atomic E-state index is 0.297. The lowest BCUT2D eigenvalue weighted by atomic mass is 10.2. The highest BCUT2D eigenvalue weighted by Gasteiger charge is 2.04. The van der Waals surface area contributed by atoms with Gasteiger partial charge in [0.25, 0.3) is 0 Å². The van der Waals surface area contributed by atoms with E-state index < -0.39 is 5.82 Å². The van der Waals surface area contributed by atoms with Crippen LogP contribution in [0.5, 0.6) is 5.75 Å². The zero-order valence-electron chi connectivity index (χ0n) is 6.58. The van der Waals surface area contributed by atoms with Crippen LogP contribution in [-0.4, -0.2) is 9.67 Å². The van der Waals surface area contributed by atoms with Gasteiger partial charge in [-0.05, 0) is 12.1 Å². The van der Waals surface area contributed by atoms with Crippen molar-refractivity contribution >= 4 is 10.9 Å². The molecule has 62 valence electrons. The van der Waals surface area contributed by atoms with Crippen LogP contribution in [0.25, 0.3) is 10.9 Å². The van der Waals surface area contributed by atoms with Crippen molar-refractivity contribution in [3.8, 4) is 5.75 Å². The summed E-state index contributed by atoms with van der Waals surface area (Å²) in [6, 6.07) is 4.57. The Morgan fingerprint density at radius 1 is 1.42 bits per heavy atom. The minimum Gasteiger partial charge on any atom is -0.505 e. The fraction of sp³-hybridized carbons (Fsp3) is 0.111. The summed E-state index contributed by atoms with van der Waals surface area (Å²) >= 11 is 0. The summed E-state index contributed by atoms with van der Waals surface area (Å²) in [5.41, 5.74) is 0.783. The molecular weight excluding hydrogens is 157 g/mol. The first-order valence-electron chi connectivity index (χ1n) is 3.62. The van der Waals surface area contributed by atoms with E-state index in [2.05, 4.69) is 0 Å². The number of phenolic OH excluding ortho intramolecular Hbond substituents is 1. The summed E-state index contributed by atoms with van der Waals surface area (Å²) in [7, 11) is 1.83. The molecule has 0 amide bonds. The molecule has 0 spiro atoms. The van der Waals surface area contributed by atoms with Crippen LogP contribution in [-0.2, 0) is 7.05 Å². The predicted octanol–water partition coefficient (Wildman–Crippen LogP) is 2.02. The topological polar surface area (TPSA) is 25.2 Å². The number of fused-ring (bicyclic) bond motifs is 1. The van der Waals surface area contributed by atoms with Gasteiger partial charge in [0.2, 0.25) is 0 Å². The normalized spacial score (nSPS) is 10.8. The van der Waals surface area contributed by atoms with Gasteiger partial charge in [-0.15, -0.1) is 0 Å². The summed E-state index contributed by atoms with van der Waals surface area (Å²) in [6.07, 6.45) is 1.82. The van der Waals surface area contributed by atoms with E-state index in [9.17, 15) is 4.39 Å². The average Bonchev–Trinajstić information content (AvgIpc) is 2.35. The van der Waals surface area contributed by atoms with Crippen molar-refractivity contribution in [3.63, 3.8) is 0 Å². The van der Waals surface area contributed by atoms with Crippen LogP contribution in [0.3, 0.4) is 0 Å². The van der Waals surface area contributed by atoms with Gasteiger partial charge in [0.05, 0.1) is 5.52 Å². The van der Waals surface area contributed by atoms with Gasteiger partial charge in [-0.25, -0.2) is 4.39 Å². The molecule has 0 aliphatic carbocycles. The zero-order chi connectivity index (χ0) is 8.72. The van der Waals surface area contributed by atoms with Crippen LogP contribution < -0.4 is 0 Å². The molecule has 2 rings (SSSR count). The summed E-state index contributed by atoms with van der Waals surface area (Å²) in [6.45, 7) is 0. The highest BCUT2D eigenvalue weighted by atomic mass is 19.1. The molecule has 1 heterocycles. The largest absolute Gasteiger partial charge is 0.505 e. The van der Waals surface area contributed by atoms with Crippen LogP contribution >= 0.6 is 0 Å². The molecular formula is C9H8FNO. The lowest BCUT2D eigenvalue weighted by Gasteiger charge is -1.97. The Bertz CT molecular complexity index is 433. The van der Waals surface area contributed by atoms with E-state index in [1.54, 1.807) is 4.57 Å². The summed E-state index contributed by atoms with van der Waals surface area (Å²) in [4.78, 5) is 0. The van der Waals surface area contributed by atoms with Gasteiger partial charge in [-0.2, -0.15) is 0 Å². The number of halogens is 1. The predicted molar refractivity (Wildman–Crippen MR) is 44.5 cm³/mol. The minimum atomic E-state index is -0.579. The van der Waals surface area contributed by atoms with Gasteiger partial charge >= 0.3 is 0 Å². The number of rotatable bonds is 0. The van der Waals surface area contributed by atoms with E-state index >= 15 is 0 Å². The van der Waals surface area contributed by atoms with Gasteiger partial charge < -0.3 is 9.67 Å². The molecule has 1 aromatic carbocycles. The van der Waals surface area contributed by atoms with Crippen LogP contribution in [0.2, 0.25) is 0 Å². The molecule has 0 atom stereocenters. The van der Waals surface area contributed by atoms with E-state index in [0.717, 1.165) is 10.9 Å². The molecule has 12 heavy (non-hydrogen) atoms.